The fraction of sp³-hybridized carbons (Fsp3) is 0.235. The third-order valence-electron chi connectivity index (χ3n) is 2.88. The van der Waals surface area contributed by atoms with Crippen LogP contribution in [0.2, 0.25) is 0 Å². The Kier molecular flexibility index (Phi) is 5.65. The minimum absolute atomic E-state index is 0.369. The lowest BCUT2D eigenvalue weighted by Gasteiger charge is -2.03. The second-order valence-electron chi connectivity index (χ2n) is 4.58. The average Bonchev–Trinajstić information content (AvgIpc) is 2.58. The Morgan fingerprint density at radius 2 is 1.50 bits per heavy atom. The van der Waals surface area contributed by atoms with Crippen LogP contribution in [0.15, 0.2) is 58.8 Å². The maximum Gasteiger partial charge on any atom is 0.337 e. The molecule has 0 aromatic heterocycles. The van der Waals surface area contributed by atoms with Gasteiger partial charge in [0.25, 0.3) is 0 Å². The van der Waals surface area contributed by atoms with E-state index in [-0.39, 0.29) is 5.97 Å². The van der Waals surface area contributed by atoms with Crippen molar-refractivity contribution < 1.29 is 14.3 Å². The fourth-order valence-electron chi connectivity index (χ4n) is 1.73. The van der Waals surface area contributed by atoms with E-state index in [0.29, 0.717) is 17.9 Å². The number of azo groups is 1. The lowest BCUT2D eigenvalue weighted by molar-refractivity contribution is 0.0601. The highest BCUT2D eigenvalue weighted by atomic mass is 16.5. The van der Waals surface area contributed by atoms with Crippen molar-refractivity contribution >= 4 is 17.3 Å². The van der Waals surface area contributed by atoms with E-state index in [1.54, 1.807) is 24.3 Å². The molecule has 0 aliphatic heterocycles. The van der Waals surface area contributed by atoms with Gasteiger partial charge in [-0.1, -0.05) is 6.92 Å². The molecule has 5 nitrogen and oxygen atoms in total. The van der Waals surface area contributed by atoms with Crippen LogP contribution < -0.4 is 4.74 Å². The predicted molar refractivity (Wildman–Crippen MR) is 84.2 cm³/mol. The molecule has 2 aromatic rings. The molecule has 5 heteroatoms. The van der Waals surface area contributed by atoms with Gasteiger partial charge in [0.1, 0.15) is 5.75 Å². The molecular formula is C17H18N2O3. The number of esters is 1. The van der Waals surface area contributed by atoms with Gasteiger partial charge in [-0.05, 0) is 55.0 Å². The number of methoxy groups -OCH3 is 1. The van der Waals surface area contributed by atoms with Crippen molar-refractivity contribution in [1.82, 2.24) is 0 Å². The molecule has 0 amide bonds. The zero-order chi connectivity index (χ0) is 15.8. The highest BCUT2D eigenvalue weighted by Gasteiger charge is 2.03. The Labute approximate surface area is 129 Å². The molecule has 0 spiro atoms. The highest BCUT2D eigenvalue weighted by Crippen LogP contribution is 2.21. The molecule has 2 rings (SSSR count). The Bertz CT molecular complexity index is 634. The van der Waals surface area contributed by atoms with Gasteiger partial charge in [0.15, 0.2) is 0 Å². The van der Waals surface area contributed by atoms with Crippen LogP contribution in [0.5, 0.6) is 5.75 Å². The van der Waals surface area contributed by atoms with Crippen LogP contribution in [0.3, 0.4) is 0 Å². The van der Waals surface area contributed by atoms with Gasteiger partial charge >= 0.3 is 5.97 Å². The number of ether oxygens (including phenoxy) is 2. The molecule has 2 aromatic carbocycles. The minimum atomic E-state index is -0.369. The monoisotopic (exact) mass is 298 g/mol. The number of hydrogen-bond donors (Lipinski definition) is 0. The van der Waals surface area contributed by atoms with Gasteiger partial charge in [-0.3, -0.25) is 0 Å². The van der Waals surface area contributed by atoms with Crippen molar-refractivity contribution in [3.05, 3.63) is 54.1 Å². The van der Waals surface area contributed by atoms with Crippen molar-refractivity contribution in [1.29, 1.82) is 0 Å². The van der Waals surface area contributed by atoms with Crippen LogP contribution in [0, 0.1) is 0 Å². The molecule has 0 heterocycles. The lowest BCUT2D eigenvalue weighted by Crippen LogP contribution is -1.99. The van der Waals surface area contributed by atoms with Gasteiger partial charge in [-0.15, -0.1) is 0 Å². The number of rotatable bonds is 6. The largest absolute Gasteiger partial charge is 0.494 e. The minimum Gasteiger partial charge on any atom is -0.494 e. The smallest absolute Gasteiger partial charge is 0.337 e. The Morgan fingerprint density at radius 3 is 2.00 bits per heavy atom. The summed E-state index contributed by atoms with van der Waals surface area (Å²) in [5.74, 6) is 0.453. The summed E-state index contributed by atoms with van der Waals surface area (Å²) in [6.07, 6.45) is 0.975. The zero-order valence-electron chi connectivity index (χ0n) is 12.7. The summed E-state index contributed by atoms with van der Waals surface area (Å²) in [5, 5.41) is 8.27. The maximum atomic E-state index is 11.3. The summed E-state index contributed by atoms with van der Waals surface area (Å²) in [6, 6.07) is 14.2. The van der Waals surface area contributed by atoms with Crippen LogP contribution in [0.25, 0.3) is 0 Å². The van der Waals surface area contributed by atoms with Gasteiger partial charge < -0.3 is 9.47 Å². The van der Waals surface area contributed by atoms with E-state index in [4.69, 9.17) is 4.74 Å². The van der Waals surface area contributed by atoms with Gasteiger partial charge in [-0.25, -0.2) is 4.79 Å². The first kappa shape index (κ1) is 15.7. The molecule has 0 saturated carbocycles. The van der Waals surface area contributed by atoms with E-state index < -0.39 is 0 Å². The van der Waals surface area contributed by atoms with Gasteiger partial charge in [0.05, 0.1) is 30.7 Å². The second kappa shape index (κ2) is 7.93. The standard InChI is InChI=1S/C17H18N2O3/c1-3-12-22-16-10-8-15(9-11-16)19-18-14-6-4-13(5-7-14)17(20)21-2/h4-11H,3,12H2,1-2H3. The fourth-order valence-corrected chi connectivity index (χ4v) is 1.73. The van der Waals surface area contributed by atoms with Crippen molar-refractivity contribution in [3.8, 4) is 5.75 Å². The molecule has 0 bridgehead atoms. The number of hydrogen-bond acceptors (Lipinski definition) is 5. The molecule has 0 atom stereocenters. The van der Waals surface area contributed by atoms with Crippen LogP contribution in [-0.2, 0) is 4.74 Å². The number of nitrogens with zero attached hydrogens (tertiary/aromatic N) is 2. The van der Waals surface area contributed by atoms with E-state index in [2.05, 4.69) is 21.9 Å². The molecule has 0 aliphatic rings. The molecule has 0 N–H and O–H groups in total. The first-order chi connectivity index (χ1) is 10.7. The second-order valence-corrected chi connectivity index (χ2v) is 4.58. The quantitative estimate of drug-likeness (QED) is 0.574. The Balaban J connectivity index is 2.00. The molecule has 0 fully saturated rings. The summed E-state index contributed by atoms with van der Waals surface area (Å²) >= 11 is 0. The predicted octanol–water partition coefficient (Wildman–Crippen LogP) is 4.68. The van der Waals surface area contributed by atoms with Crippen molar-refractivity contribution in [3.63, 3.8) is 0 Å². The van der Waals surface area contributed by atoms with Crippen molar-refractivity contribution in [2.24, 2.45) is 10.2 Å². The van der Waals surface area contributed by atoms with Gasteiger partial charge in [0.2, 0.25) is 0 Å². The summed E-state index contributed by atoms with van der Waals surface area (Å²) in [6.45, 7) is 2.77. The first-order valence-electron chi connectivity index (χ1n) is 7.06. The third-order valence-corrected chi connectivity index (χ3v) is 2.88. The SMILES string of the molecule is CCCOc1ccc(N=Nc2ccc(C(=O)OC)cc2)cc1. The topological polar surface area (TPSA) is 60.2 Å². The van der Waals surface area contributed by atoms with E-state index in [0.717, 1.165) is 17.9 Å². The highest BCUT2D eigenvalue weighted by molar-refractivity contribution is 5.89. The van der Waals surface area contributed by atoms with Crippen LogP contribution >= 0.6 is 0 Å². The van der Waals surface area contributed by atoms with Crippen LogP contribution in [-0.4, -0.2) is 19.7 Å². The summed E-state index contributed by atoms with van der Waals surface area (Å²) in [5.41, 5.74) is 1.89. The van der Waals surface area contributed by atoms with Crippen molar-refractivity contribution in [2.45, 2.75) is 13.3 Å². The number of carbonyl (C=O) groups is 1. The van der Waals surface area contributed by atoms with E-state index in [1.807, 2.05) is 24.3 Å². The molecule has 0 radical (unpaired) electrons. The lowest BCUT2D eigenvalue weighted by atomic mass is 10.2. The molecular weight excluding hydrogens is 280 g/mol. The maximum absolute atomic E-state index is 11.3. The summed E-state index contributed by atoms with van der Waals surface area (Å²) < 4.78 is 10.1. The van der Waals surface area contributed by atoms with Gasteiger partial charge in [-0.2, -0.15) is 10.2 Å². The van der Waals surface area contributed by atoms with Gasteiger partial charge in [0, 0.05) is 0 Å². The normalized spacial score (nSPS) is 10.6. The number of benzene rings is 2. The molecule has 0 aliphatic carbocycles. The van der Waals surface area contributed by atoms with E-state index in [1.165, 1.54) is 7.11 Å². The zero-order valence-corrected chi connectivity index (χ0v) is 12.7. The Morgan fingerprint density at radius 1 is 0.955 bits per heavy atom. The van der Waals surface area contributed by atoms with E-state index in [9.17, 15) is 4.79 Å². The van der Waals surface area contributed by atoms with Crippen LogP contribution in [0.1, 0.15) is 23.7 Å². The molecule has 0 unspecified atom stereocenters. The Hall–Kier alpha value is -2.69. The van der Waals surface area contributed by atoms with Crippen LogP contribution in [0.4, 0.5) is 11.4 Å². The summed E-state index contributed by atoms with van der Waals surface area (Å²) in [4.78, 5) is 11.3. The average molecular weight is 298 g/mol. The number of carbonyl (C=O) groups excluding carboxylic acids is 1. The molecule has 22 heavy (non-hydrogen) atoms. The van der Waals surface area contributed by atoms with Crippen molar-refractivity contribution in [2.75, 3.05) is 13.7 Å². The third kappa shape index (κ3) is 4.41. The molecule has 114 valence electrons. The first-order valence-corrected chi connectivity index (χ1v) is 7.06. The molecule has 0 saturated heterocycles. The van der Waals surface area contributed by atoms with E-state index >= 15 is 0 Å². The summed E-state index contributed by atoms with van der Waals surface area (Å²) in [7, 11) is 1.35.